The molecular formula is C8H13ClO4S. The van der Waals surface area contributed by atoms with Crippen molar-refractivity contribution >= 4 is 25.7 Å². The van der Waals surface area contributed by atoms with E-state index in [-0.39, 0.29) is 11.9 Å². The van der Waals surface area contributed by atoms with Crippen molar-refractivity contribution in [1.29, 1.82) is 0 Å². The Kier molecular flexibility index (Phi) is 3.78. The Morgan fingerprint density at radius 2 is 2.07 bits per heavy atom. The monoisotopic (exact) mass is 240 g/mol. The molecule has 4 nitrogen and oxygen atoms in total. The van der Waals surface area contributed by atoms with E-state index >= 15 is 0 Å². The SMILES string of the molecule is COC(=O)[C@@H]1CCC[C@@H](S(=O)(=O)Cl)C1. The third-order valence-corrected chi connectivity index (χ3v) is 4.54. The molecule has 1 saturated carbocycles. The molecule has 0 heterocycles. The van der Waals surface area contributed by atoms with E-state index in [1.54, 1.807) is 0 Å². The van der Waals surface area contributed by atoms with Crippen LogP contribution >= 0.6 is 10.7 Å². The molecule has 0 bridgehead atoms. The second kappa shape index (κ2) is 4.49. The fourth-order valence-electron chi connectivity index (χ4n) is 1.78. The lowest BCUT2D eigenvalue weighted by molar-refractivity contribution is -0.146. The number of methoxy groups -OCH3 is 1. The Labute approximate surface area is 88.0 Å². The summed E-state index contributed by atoms with van der Waals surface area (Å²) < 4.78 is 26.7. The highest BCUT2D eigenvalue weighted by Crippen LogP contribution is 2.30. The minimum absolute atomic E-state index is 0.290. The summed E-state index contributed by atoms with van der Waals surface area (Å²) >= 11 is 0. The Hall–Kier alpha value is -0.290. The average molecular weight is 241 g/mol. The van der Waals surface area contributed by atoms with Crippen LogP contribution in [0.4, 0.5) is 0 Å². The van der Waals surface area contributed by atoms with Gasteiger partial charge < -0.3 is 4.74 Å². The molecule has 14 heavy (non-hydrogen) atoms. The average Bonchev–Trinajstić information content (AvgIpc) is 2.15. The highest BCUT2D eigenvalue weighted by atomic mass is 35.7. The summed E-state index contributed by atoms with van der Waals surface area (Å²) in [6.07, 6.45) is 2.23. The van der Waals surface area contributed by atoms with Gasteiger partial charge in [0.2, 0.25) is 9.05 Å². The second-order valence-corrected chi connectivity index (χ2v) is 6.39. The molecule has 0 aromatic carbocycles. The number of carbonyl (C=O) groups is 1. The summed E-state index contributed by atoms with van der Waals surface area (Å²) in [5.74, 6) is -0.651. The Morgan fingerprint density at radius 3 is 2.57 bits per heavy atom. The van der Waals surface area contributed by atoms with E-state index in [0.717, 1.165) is 0 Å². The Balaban J connectivity index is 2.65. The highest BCUT2D eigenvalue weighted by molar-refractivity contribution is 8.14. The van der Waals surface area contributed by atoms with Crippen LogP contribution in [0.3, 0.4) is 0 Å². The van der Waals surface area contributed by atoms with Crippen LogP contribution in [0.2, 0.25) is 0 Å². The van der Waals surface area contributed by atoms with Gasteiger partial charge in [-0.15, -0.1) is 0 Å². The van der Waals surface area contributed by atoms with Gasteiger partial charge in [0.1, 0.15) is 0 Å². The van der Waals surface area contributed by atoms with Crippen molar-refractivity contribution in [1.82, 2.24) is 0 Å². The molecule has 1 aliphatic carbocycles. The van der Waals surface area contributed by atoms with Crippen LogP contribution in [0, 0.1) is 5.92 Å². The van der Waals surface area contributed by atoms with Gasteiger partial charge in [-0.3, -0.25) is 4.79 Å². The standard InChI is InChI=1S/C8H13ClO4S/c1-13-8(10)6-3-2-4-7(5-6)14(9,11)12/h6-7H,2-5H2,1H3/t6-,7-/m1/s1. The van der Waals surface area contributed by atoms with Gasteiger partial charge in [-0.25, -0.2) is 8.42 Å². The maximum Gasteiger partial charge on any atom is 0.308 e. The van der Waals surface area contributed by atoms with Crippen LogP contribution < -0.4 is 0 Å². The first-order chi connectivity index (χ1) is 6.45. The van der Waals surface area contributed by atoms with Gasteiger partial charge in [0.05, 0.1) is 18.3 Å². The first-order valence-corrected chi connectivity index (χ1v) is 6.83. The molecule has 0 amide bonds. The first kappa shape index (κ1) is 11.8. The van der Waals surface area contributed by atoms with E-state index in [2.05, 4.69) is 4.74 Å². The molecule has 1 aliphatic rings. The second-order valence-electron chi connectivity index (χ2n) is 3.48. The van der Waals surface area contributed by atoms with Crippen molar-refractivity contribution < 1.29 is 17.9 Å². The van der Waals surface area contributed by atoms with E-state index in [4.69, 9.17) is 10.7 Å². The predicted molar refractivity (Wildman–Crippen MR) is 52.5 cm³/mol. The molecule has 0 aliphatic heterocycles. The molecule has 0 unspecified atom stereocenters. The minimum atomic E-state index is -3.54. The van der Waals surface area contributed by atoms with E-state index in [1.807, 2.05) is 0 Å². The Morgan fingerprint density at radius 1 is 1.43 bits per heavy atom. The molecule has 0 aromatic heterocycles. The largest absolute Gasteiger partial charge is 0.469 e. The molecule has 0 radical (unpaired) electrons. The summed E-state index contributed by atoms with van der Waals surface area (Å²) in [5, 5.41) is -0.595. The van der Waals surface area contributed by atoms with Crippen LogP contribution in [-0.4, -0.2) is 26.7 Å². The smallest absolute Gasteiger partial charge is 0.308 e. The minimum Gasteiger partial charge on any atom is -0.469 e. The van der Waals surface area contributed by atoms with Gasteiger partial charge in [0.25, 0.3) is 0 Å². The van der Waals surface area contributed by atoms with Crippen LogP contribution in [0.25, 0.3) is 0 Å². The van der Waals surface area contributed by atoms with Gasteiger partial charge in [-0.2, -0.15) is 0 Å². The number of hydrogen-bond donors (Lipinski definition) is 0. The third-order valence-electron chi connectivity index (χ3n) is 2.56. The number of rotatable bonds is 2. The summed E-state index contributed by atoms with van der Waals surface area (Å²) in [6, 6.07) is 0. The van der Waals surface area contributed by atoms with E-state index in [9.17, 15) is 13.2 Å². The first-order valence-electron chi connectivity index (χ1n) is 4.46. The molecule has 0 saturated heterocycles. The summed E-state index contributed by atoms with van der Waals surface area (Å²) in [7, 11) is 3.02. The van der Waals surface area contributed by atoms with Gasteiger partial charge in [-0.1, -0.05) is 6.42 Å². The van der Waals surface area contributed by atoms with Crippen molar-refractivity contribution in [3.05, 3.63) is 0 Å². The zero-order chi connectivity index (χ0) is 10.8. The molecule has 0 N–H and O–H groups in total. The maximum absolute atomic E-state index is 11.2. The lowest BCUT2D eigenvalue weighted by Gasteiger charge is -2.24. The van der Waals surface area contributed by atoms with Crippen molar-refractivity contribution in [2.45, 2.75) is 30.9 Å². The summed E-state index contributed by atoms with van der Waals surface area (Å²) in [5.41, 5.74) is 0. The molecular weight excluding hydrogens is 228 g/mol. The van der Waals surface area contributed by atoms with Gasteiger partial charge in [0, 0.05) is 10.7 Å². The van der Waals surface area contributed by atoms with Crippen LogP contribution in [-0.2, 0) is 18.6 Å². The predicted octanol–water partition coefficient (Wildman–Crippen LogP) is 1.29. The molecule has 1 fully saturated rings. The van der Waals surface area contributed by atoms with Crippen LogP contribution in [0.15, 0.2) is 0 Å². The van der Waals surface area contributed by atoms with Crippen LogP contribution in [0.1, 0.15) is 25.7 Å². The van der Waals surface area contributed by atoms with Crippen LogP contribution in [0.5, 0.6) is 0 Å². The number of ether oxygens (including phenoxy) is 1. The quantitative estimate of drug-likeness (QED) is 0.539. The van der Waals surface area contributed by atoms with E-state index < -0.39 is 14.3 Å². The zero-order valence-corrected chi connectivity index (χ0v) is 9.47. The molecule has 0 spiro atoms. The molecule has 82 valence electrons. The van der Waals surface area contributed by atoms with Crippen molar-refractivity contribution in [3.63, 3.8) is 0 Å². The Bertz CT molecular complexity index is 311. The normalized spacial score (nSPS) is 28.4. The number of halogens is 1. The summed E-state index contributed by atoms with van der Waals surface area (Å²) in [4.78, 5) is 11.2. The van der Waals surface area contributed by atoms with Gasteiger partial charge in [0.15, 0.2) is 0 Å². The lowest BCUT2D eigenvalue weighted by atomic mass is 9.89. The number of carbonyl (C=O) groups excluding carboxylic acids is 1. The lowest BCUT2D eigenvalue weighted by Crippen LogP contribution is -2.30. The fourth-order valence-corrected chi connectivity index (χ4v) is 3.18. The highest BCUT2D eigenvalue weighted by Gasteiger charge is 2.34. The van der Waals surface area contributed by atoms with Crippen molar-refractivity contribution in [2.24, 2.45) is 5.92 Å². The van der Waals surface area contributed by atoms with Gasteiger partial charge >= 0.3 is 5.97 Å². The number of hydrogen-bond acceptors (Lipinski definition) is 4. The number of esters is 1. The van der Waals surface area contributed by atoms with E-state index in [1.165, 1.54) is 7.11 Å². The third kappa shape index (κ3) is 2.85. The van der Waals surface area contributed by atoms with Crippen molar-refractivity contribution in [3.8, 4) is 0 Å². The topological polar surface area (TPSA) is 60.4 Å². The summed E-state index contributed by atoms with van der Waals surface area (Å²) in [6.45, 7) is 0. The fraction of sp³-hybridized carbons (Fsp3) is 0.875. The molecule has 1 rings (SSSR count). The molecule has 2 atom stereocenters. The molecule has 0 aromatic rings. The van der Waals surface area contributed by atoms with E-state index in [0.29, 0.717) is 25.7 Å². The van der Waals surface area contributed by atoms with Gasteiger partial charge in [-0.05, 0) is 19.3 Å². The maximum atomic E-state index is 11.2. The zero-order valence-electron chi connectivity index (χ0n) is 7.90. The van der Waals surface area contributed by atoms with Crippen molar-refractivity contribution in [2.75, 3.05) is 7.11 Å². The molecule has 6 heteroatoms.